The number of hydrogen-bond donors (Lipinski definition) is 1. The molecule has 0 aliphatic rings. The smallest absolute Gasteiger partial charge is 0.227 e. The summed E-state index contributed by atoms with van der Waals surface area (Å²) in [6.07, 6.45) is 3.41. The van der Waals surface area contributed by atoms with Crippen molar-refractivity contribution in [3.05, 3.63) is 48.3 Å². The second kappa shape index (κ2) is 5.96. The SMILES string of the molecule is CCOCc1ccc(Nc2ncccn2)cc1. The highest BCUT2D eigenvalue weighted by atomic mass is 16.5. The fraction of sp³-hybridized carbons (Fsp3) is 0.231. The van der Waals surface area contributed by atoms with Gasteiger partial charge < -0.3 is 10.1 Å². The first-order valence-electron chi connectivity index (χ1n) is 5.59. The third-order valence-corrected chi connectivity index (χ3v) is 2.25. The minimum Gasteiger partial charge on any atom is -0.377 e. The standard InChI is InChI=1S/C13H15N3O/c1-2-17-10-11-4-6-12(7-5-11)16-13-14-8-3-9-15-13/h3-9H,2,10H2,1H3,(H,14,15,16). The van der Waals surface area contributed by atoms with Crippen LogP contribution in [0.15, 0.2) is 42.7 Å². The van der Waals surface area contributed by atoms with E-state index >= 15 is 0 Å². The second-order valence-electron chi connectivity index (χ2n) is 3.53. The number of hydrogen-bond acceptors (Lipinski definition) is 4. The number of benzene rings is 1. The van der Waals surface area contributed by atoms with Crippen molar-refractivity contribution < 1.29 is 4.74 Å². The molecule has 1 heterocycles. The van der Waals surface area contributed by atoms with Crippen molar-refractivity contribution in [1.82, 2.24) is 9.97 Å². The highest BCUT2D eigenvalue weighted by Gasteiger charge is 1.97. The average Bonchev–Trinajstić information content (AvgIpc) is 2.39. The molecule has 4 nitrogen and oxygen atoms in total. The second-order valence-corrected chi connectivity index (χ2v) is 3.53. The zero-order valence-electron chi connectivity index (χ0n) is 9.76. The number of aromatic nitrogens is 2. The van der Waals surface area contributed by atoms with Gasteiger partial charge in [-0.25, -0.2) is 9.97 Å². The molecule has 2 aromatic rings. The predicted octanol–water partition coefficient (Wildman–Crippen LogP) is 2.76. The Balaban J connectivity index is 1.98. The van der Waals surface area contributed by atoms with E-state index in [9.17, 15) is 0 Å². The van der Waals surface area contributed by atoms with E-state index in [1.54, 1.807) is 18.5 Å². The van der Waals surface area contributed by atoms with Crippen LogP contribution in [-0.2, 0) is 11.3 Å². The lowest BCUT2D eigenvalue weighted by Crippen LogP contribution is -1.96. The van der Waals surface area contributed by atoms with Crippen molar-refractivity contribution in [1.29, 1.82) is 0 Å². The molecule has 1 N–H and O–H groups in total. The lowest BCUT2D eigenvalue weighted by Gasteiger charge is -2.05. The van der Waals surface area contributed by atoms with E-state index in [1.165, 1.54) is 0 Å². The van der Waals surface area contributed by atoms with Crippen LogP contribution in [0.3, 0.4) is 0 Å². The van der Waals surface area contributed by atoms with Crippen molar-refractivity contribution in [2.75, 3.05) is 11.9 Å². The maximum absolute atomic E-state index is 5.33. The van der Waals surface area contributed by atoms with Crippen molar-refractivity contribution in [3.63, 3.8) is 0 Å². The topological polar surface area (TPSA) is 47.0 Å². The van der Waals surface area contributed by atoms with Gasteiger partial charge in [0.1, 0.15) is 0 Å². The average molecular weight is 229 g/mol. The molecule has 0 spiro atoms. The number of rotatable bonds is 5. The minimum absolute atomic E-state index is 0.602. The Morgan fingerprint density at radius 2 is 1.82 bits per heavy atom. The van der Waals surface area contributed by atoms with Crippen LogP contribution in [0.4, 0.5) is 11.6 Å². The Kier molecular flexibility index (Phi) is 4.05. The summed E-state index contributed by atoms with van der Waals surface area (Å²) < 4.78 is 5.33. The highest BCUT2D eigenvalue weighted by molar-refractivity contribution is 5.53. The van der Waals surface area contributed by atoms with E-state index in [2.05, 4.69) is 15.3 Å². The highest BCUT2D eigenvalue weighted by Crippen LogP contribution is 2.13. The first-order valence-corrected chi connectivity index (χ1v) is 5.59. The van der Waals surface area contributed by atoms with Gasteiger partial charge in [-0.05, 0) is 30.7 Å². The quantitative estimate of drug-likeness (QED) is 0.856. The zero-order chi connectivity index (χ0) is 11.9. The molecule has 0 radical (unpaired) electrons. The van der Waals surface area contributed by atoms with E-state index in [1.807, 2.05) is 31.2 Å². The molecule has 0 atom stereocenters. The van der Waals surface area contributed by atoms with Crippen LogP contribution in [-0.4, -0.2) is 16.6 Å². The maximum Gasteiger partial charge on any atom is 0.227 e. The third kappa shape index (κ3) is 3.53. The van der Waals surface area contributed by atoms with Crippen molar-refractivity contribution in [2.24, 2.45) is 0 Å². The van der Waals surface area contributed by atoms with E-state index in [0.717, 1.165) is 17.9 Å². The molecule has 17 heavy (non-hydrogen) atoms. The Morgan fingerprint density at radius 1 is 1.12 bits per heavy atom. The molecule has 0 fully saturated rings. The molecule has 0 aliphatic heterocycles. The van der Waals surface area contributed by atoms with Crippen molar-refractivity contribution >= 4 is 11.6 Å². The first kappa shape index (κ1) is 11.5. The molecule has 2 rings (SSSR count). The van der Waals surface area contributed by atoms with E-state index in [4.69, 9.17) is 4.74 Å². The summed E-state index contributed by atoms with van der Waals surface area (Å²) in [5.74, 6) is 0.602. The van der Waals surface area contributed by atoms with Gasteiger partial charge in [0.2, 0.25) is 5.95 Å². The van der Waals surface area contributed by atoms with Crippen molar-refractivity contribution in [2.45, 2.75) is 13.5 Å². The summed E-state index contributed by atoms with van der Waals surface area (Å²) in [5, 5.41) is 3.12. The first-order chi connectivity index (χ1) is 8.38. The van der Waals surface area contributed by atoms with Gasteiger partial charge in [-0.2, -0.15) is 0 Å². The Hall–Kier alpha value is -1.94. The molecule has 1 aromatic heterocycles. The van der Waals surface area contributed by atoms with Gasteiger partial charge >= 0.3 is 0 Å². The molecule has 0 saturated heterocycles. The summed E-state index contributed by atoms with van der Waals surface area (Å²) >= 11 is 0. The summed E-state index contributed by atoms with van der Waals surface area (Å²) in [6, 6.07) is 9.83. The summed E-state index contributed by atoms with van der Waals surface area (Å²) in [5.41, 5.74) is 2.13. The minimum atomic E-state index is 0.602. The van der Waals surface area contributed by atoms with Crippen LogP contribution in [0.1, 0.15) is 12.5 Å². The van der Waals surface area contributed by atoms with Crippen LogP contribution < -0.4 is 5.32 Å². The molecular weight excluding hydrogens is 214 g/mol. The normalized spacial score (nSPS) is 10.2. The van der Waals surface area contributed by atoms with Crippen LogP contribution in [0.2, 0.25) is 0 Å². The molecule has 0 aliphatic carbocycles. The maximum atomic E-state index is 5.33. The predicted molar refractivity (Wildman–Crippen MR) is 67.1 cm³/mol. The van der Waals surface area contributed by atoms with Crippen LogP contribution in [0, 0.1) is 0 Å². The number of nitrogens with zero attached hydrogens (tertiary/aromatic N) is 2. The fourth-order valence-electron chi connectivity index (χ4n) is 1.40. The van der Waals surface area contributed by atoms with Gasteiger partial charge in [0.15, 0.2) is 0 Å². The van der Waals surface area contributed by atoms with Crippen LogP contribution in [0.25, 0.3) is 0 Å². The zero-order valence-corrected chi connectivity index (χ0v) is 9.76. The van der Waals surface area contributed by atoms with E-state index < -0.39 is 0 Å². The van der Waals surface area contributed by atoms with Gasteiger partial charge in [0.05, 0.1) is 6.61 Å². The lowest BCUT2D eigenvalue weighted by molar-refractivity contribution is 0.134. The van der Waals surface area contributed by atoms with E-state index in [-0.39, 0.29) is 0 Å². The third-order valence-electron chi connectivity index (χ3n) is 2.25. The van der Waals surface area contributed by atoms with E-state index in [0.29, 0.717) is 12.6 Å². The number of anilines is 2. The molecule has 1 aromatic carbocycles. The number of ether oxygens (including phenoxy) is 1. The van der Waals surface area contributed by atoms with Gasteiger partial charge in [-0.3, -0.25) is 0 Å². The fourth-order valence-corrected chi connectivity index (χ4v) is 1.40. The number of nitrogens with one attached hydrogen (secondary N) is 1. The Bertz CT molecular complexity index is 442. The van der Waals surface area contributed by atoms with Crippen molar-refractivity contribution in [3.8, 4) is 0 Å². The molecule has 4 heteroatoms. The largest absolute Gasteiger partial charge is 0.377 e. The van der Waals surface area contributed by atoms with Gasteiger partial charge in [0, 0.05) is 24.7 Å². The summed E-state index contributed by atoms with van der Waals surface area (Å²) in [7, 11) is 0. The summed E-state index contributed by atoms with van der Waals surface area (Å²) in [4.78, 5) is 8.20. The molecule has 88 valence electrons. The molecule has 0 saturated carbocycles. The lowest BCUT2D eigenvalue weighted by atomic mass is 10.2. The Morgan fingerprint density at radius 3 is 2.47 bits per heavy atom. The van der Waals surface area contributed by atoms with Gasteiger partial charge in [-0.15, -0.1) is 0 Å². The summed E-state index contributed by atoms with van der Waals surface area (Å²) in [6.45, 7) is 3.37. The Labute approximate surface area is 101 Å². The van der Waals surface area contributed by atoms with Crippen LogP contribution >= 0.6 is 0 Å². The van der Waals surface area contributed by atoms with Gasteiger partial charge in [-0.1, -0.05) is 12.1 Å². The van der Waals surface area contributed by atoms with Crippen LogP contribution in [0.5, 0.6) is 0 Å². The monoisotopic (exact) mass is 229 g/mol. The molecule has 0 amide bonds. The molecule has 0 unspecified atom stereocenters. The van der Waals surface area contributed by atoms with Gasteiger partial charge in [0.25, 0.3) is 0 Å². The molecular formula is C13H15N3O. The molecule has 0 bridgehead atoms.